The molecule has 4 rings (SSSR count). The molecule has 0 radical (unpaired) electrons. The van der Waals surface area contributed by atoms with Gasteiger partial charge in [0.2, 0.25) is 11.7 Å². The van der Waals surface area contributed by atoms with Crippen LogP contribution in [0.5, 0.6) is 0 Å². The molecule has 2 aromatic rings. The third-order valence-corrected chi connectivity index (χ3v) is 8.34. The number of Topliss-reactive ketones (excluding diaryl/α,β-unsaturated/α-hetero) is 1. The highest BCUT2D eigenvalue weighted by Crippen LogP contribution is 2.30. The van der Waals surface area contributed by atoms with Gasteiger partial charge >= 0.3 is 0 Å². The first-order chi connectivity index (χ1) is 19.6. The molecule has 11 heteroatoms. The van der Waals surface area contributed by atoms with Gasteiger partial charge in [0.05, 0.1) is 19.3 Å². The molecule has 10 nitrogen and oxygen atoms in total. The van der Waals surface area contributed by atoms with Crippen LogP contribution in [0.15, 0.2) is 33.9 Å². The summed E-state index contributed by atoms with van der Waals surface area (Å²) in [6.45, 7) is 12.0. The molecule has 1 aliphatic heterocycles. The predicted octanol–water partition coefficient (Wildman–Crippen LogP) is 4.25. The van der Waals surface area contributed by atoms with E-state index in [1.54, 1.807) is 0 Å². The van der Waals surface area contributed by atoms with Gasteiger partial charge in [-0.2, -0.15) is 0 Å². The largest absolute Gasteiger partial charge is 0.408 e. The Balaban J connectivity index is 1.46. The van der Waals surface area contributed by atoms with Crippen LogP contribution in [0.2, 0.25) is 0 Å². The minimum Gasteiger partial charge on any atom is -0.408 e. The van der Waals surface area contributed by atoms with Crippen LogP contribution in [0, 0.1) is 5.92 Å². The van der Waals surface area contributed by atoms with Crippen LogP contribution in [-0.4, -0.2) is 75.8 Å². The highest BCUT2D eigenvalue weighted by molar-refractivity contribution is 7.99. The SMILES string of the molecule is CC(C)CC(NC(=O)C1(NC(=O)c2ccc(CN3CCOCC3)cc2)CCCCC1)C(=O)c1nnc(SC(C)C)o1. The Kier molecular flexibility index (Phi) is 11.0. The van der Waals surface area contributed by atoms with Gasteiger partial charge in [0.1, 0.15) is 5.54 Å². The number of morpholine rings is 1. The van der Waals surface area contributed by atoms with E-state index >= 15 is 0 Å². The standard InChI is InChI=1S/C30H43N5O5S/c1-20(2)18-24(25(36)27-33-34-29(40-27)41-21(3)4)31-28(38)30(12-6-5-7-13-30)32-26(37)23-10-8-22(9-11-23)19-35-14-16-39-17-15-35/h8-11,20-21,24H,5-7,12-19H2,1-4H3,(H,31,38)(H,32,37). The average molecular weight is 586 g/mol. The van der Waals surface area contributed by atoms with Gasteiger partial charge in [0.15, 0.2) is 0 Å². The first-order valence-corrected chi connectivity index (χ1v) is 15.6. The molecule has 2 aliphatic rings. The fraction of sp³-hybridized carbons (Fsp3) is 0.633. The number of ketones is 1. The van der Waals surface area contributed by atoms with Crippen molar-refractivity contribution in [2.45, 2.75) is 94.8 Å². The topological polar surface area (TPSA) is 127 Å². The minimum atomic E-state index is -1.09. The Hall–Kier alpha value is -2.76. The van der Waals surface area contributed by atoms with E-state index in [9.17, 15) is 14.4 Å². The van der Waals surface area contributed by atoms with Crippen molar-refractivity contribution < 1.29 is 23.5 Å². The highest BCUT2D eigenvalue weighted by atomic mass is 32.2. The van der Waals surface area contributed by atoms with E-state index < -0.39 is 17.4 Å². The van der Waals surface area contributed by atoms with Gasteiger partial charge < -0.3 is 19.8 Å². The molecule has 41 heavy (non-hydrogen) atoms. The molecule has 2 N–H and O–H groups in total. The molecule has 1 saturated heterocycles. The van der Waals surface area contributed by atoms with Gasteiger partial charge in [-0.05, 0) is 42.9 Å². The van der Waals surface area contributed by atoms with Crippen molar-refractivity contribution in [3.05, 3.63) is 41.3 Å². The molecule has 1 aromatic carbocycles. The van der Waals surface area contributed by atoms with Crippen molar-refractivity contribution in [3.8, 4) is 0 Å². The quantitative estimate of drug-likeness (QED) is 0.278. The summed E-state index contributed by atoms with van der Waals surface area (Å²) in [5.41, 5.74) is 0.536. The Morgan fingerprint density at radius 1 is 1.00 bits per heavy atom. The van der Waals surface area contributed by atoms with Crippen LogP contribution in [0.3, 0.4) is 0 Å². The number of aromatic nitrogens is 2. The molecule has 0 spiro atoms. The lowest BCUT2D eigenvalue weighted by Crippen LogP contribution is -2.62. The number of hydrogen-bond donors (Lipinski definition) is 2. The second-order valence-corrected chi connectivity index (χ2v) is 13.3. The van der Waals surface area contributed by atoms with E-state index in [-0.39, 0.29) is 28.9 Å². The zero-order valence-corrected chi connectivity index (χ0v) is 25.4. The Morgan fingerprint density at radius 2 is 1.68 bits per heavy atom. The highest BCUT2D eigenvalue weighted by Gasteiger charge is 2.43. The van der Waals surface area contributed by atoms with E-state index in [0.29, 0.717) is 30.0 Å². The van der Waals surface area contributed by atoms with E-state index in [2.05, 4.69) is 25.7 Å². The first-order valence-electron chi connectivity index (χ1n) is 14.7. The predicted molar refractivity (Wildman–Crippen MR) is 157 cm³/mol. The number of benzene rings is 1. The van der Waals surface area contributed by atoms with Crippen LogP contribution in [0.25, 0.3) is 0 Å². The molecule has 1 saturated carbocycles. The lowest BCUT2D eigenvalue weighted by Gasteiger charge is -2.37. The van der Waals surface area contributed by atoms with E-state index in [0.717, 1.165) is 57.7 Å². The van der Waals surface area contributed by atoms with Crippen LogP contribution >= 0.6 is 11.8 Å². The summed E-state index contributed by atoms with van der Waals surface area (Å²) in [6, 6.07) is 6.71. The van der Waals surface area contributed by atoms with Crippen molar-refractivity contribution >= 4 is 29.4 Å². The normalized spacial score (nSPS) is 18.3. The Bertz CT molecular complexity index is 1170. The number of rotatable bonds is 12. The molecular formula is C30H43N5O5S. The number of carbonyl (C=O) groups is 3. The molecule has 224 valence electrons. The second-order valence-electron chi connectivity index (χ2n) is 11.7. The summed E-state index contributed by atoms with van der Waals surface area (Å²) < 4.78 is 11.0. The lowest BCUT2D eigenvalue weighted by molar-refractivity contribution is -0.129. The average Bonchev–Trinajstić information content (AvgIpc) is 3.41. The zero-order valence-electron chi connectivity index (χ0n) is 24.6. The summed E-state index contributed by atoms with van der Waals surface area (Å²) in [4.78, 5) is 43.0. The molecule has 2 amide bonds. The van der Waals surface area contributed by atoms with E-state index in [1.807, 2.05) is 52.0 Å². The number of hydrogen-bond acceptors (Lipinski definition) is 9. The fourth-order valence-electron chi connectivity index (χ4n) is 5.34. The van der Waals surface area contributed by atoms with Gasteiger partial charge in [-0.15, -0.1) is 10.2 Å². The van der Waals surface area contributed by atoms with Crippen LogP contribution in [0.4, 0.5) is 0 Å². The van der Waals surface area contributed by atoms with Crippen LogP contribution in [-0.2, 0) is 16.1 Å². The maximum atomic E-state index is 13.9. The van der Waals surface area contributed by atoms with Gasteiger partial charge in [0, 0.05) is 30.4 Å². The van der Waals surface area contributed by atoms with Crippen molar-refractivity contribution in [1.82, 2.24) is 25.7 Å². The molecule has 2 fully saturated rings. The smallest absolute Gasteiger partial charge is 0.286 e. The van der Waals surface area contributed by atoms with Crippen molar-refractivity contribution in [2.75, 3.05) is 26.3 Å². The van der Waals surface area contributed by atoms with Gasteiger partial charge in [0.25, 0.3) is 17.0 Å². The molecule has 1 aliphatic carbocycles. The van der Waals surface area contributed by atoms with Gasteiger partial charge in [-0.25, -0.2) is 0 Å². The molecule has 1 atom stereocenters. The van der Waals surface area contributed by atoms with Gasteiger partial charge in [-0.1, -0.05) is 70.9 Å². The van der Waals surface area contributed by atoms with E-state index in [4.69, 9.17) is 9.15 Å². The summed E-state index contributed by atoms with van der Waals surface area (Å²) in [5.74, 6) is -1.03. The van der Waals surface area contributed by atoms with Crippen molar-refractivity contribution in [2.24, 2.45) is 5.92 Å². The second kappa shape index (κ2) is 14.4. The van der Waals surface area contributed by atoms with Crippen LogP contribution < -0.4 is 10.6 Å². The third-order valence-electron chi connectivity index (χ3n) is 7.50. The summed E-state index contributed by atoms with van der Waals surface area (Å²) in [6.07, 6.45) is 4.06. The van der Waals surface area contributed by atoms with Crippen LogP contribution in [0.1, 0.15) is 92.8 Å². The minimum absolute atomic E-state index is 0.113. The zero-order chi connectivity index (χ0) is 29.4. The summed E-state index contributed by atoms with van der Waals surface area (Å²) >= 11 is 1.38. The number of nitrogens with one attached hydrogen (secondary N) is 2. The molecule has 1 unspecified atom stereocenters. The Labute approximate surface area is 246 Å². The monoisotopic (exact) mass is 585 g/mol. The van der Waals surface area contributed by atoms with Crippen molar-refractivity contribution in [1.29, 1.82) is 0 Å². The number of thioether (sulfide) groups is 1. The fourth-order valence-corrected chi connectivity index (χ4v) is 5.96. The number of carbonyl (C=O) groups excluding carboxylic acids is 3. The summed E-state index contributed by atoms with van der Waals surface area (Å²) in [7, 11) is 0. The van der Waals surface area contributed by atoms with Gasteiger partial charge in [-0.3, -0.25) is 19.3 Å². The lowest BCUT2D eigenvalue weighted by atomic mass is 9.80. The number of nitrogens with zero attached hydrogens (tertiary/aromatic N) is 3. The number of ether oxygens (including phenoxy) is 1. The maximum absolute atomic E-state index is 13.9. The maximum Gasteiger partial charge on any atom is 0.286 e. The molecule has 2 heterocycles. The van der Waals surface area contributed by atoms with Crippen molar-refractivity contribution in [3.63, 3.8) is 0 Å². The Morgan fingerprint density at radius 3 is 2.32 bits per heavy atom. The third kappa shape index (κ3) is 8.62. The number of amides is 2. The molecule has 0 bridgehead atoms. The molecule has 1 aromatic heterocycles. The summed E-state index contributed by atoms with van der Waals surface area (Å²) in [5, 5.41) is 14.5. The molecular weight excluding hydrogens is 542 g/mol. The first kappa shape index (κ1) is 31.2. The van der Waals surface area contributed by atoms with E-state index in [1.165, 1.54) is 11.8 Å².